The largest absolute Gasteiger partial charge is 0.384 e. The van der Waals surface area contributed by atoms with Crippen LogP contribution in [0.3, 0.4) is 0 Å². The Morgan fingerprint density at radius 3 is 2.27 bits per heavy atom. The van der Waals surface area contributed by atoms with Crippen LogP contribution >= 0.6 is 0 Å². The van der Waals surface area contributed by atoms with E-state index in [1.54, 1.807) is 0 Å². The summed E-state index contributed by atoms with van der Waals surface area (Å²) in [5.41, 5.74) is 2.60. The van der Waals surface area contributed by atoms with Crippen molar-refractivity contribution in [3.05, 3.63) is 65.7 Å². The fourth-order valence-electron chi connectivity index (χ4n) is 2.23. The summed E-state index contributed by atoms with van der Waals surface area (Å²) in [6.45, 7) is 6.74. The van der Waals surface area contributed by atoms with E-state index < -0.39 is 0 Å². The molecular weight excluding hydrogens is 272 g/mol. The Labute approximate surface area is 132 Å². The van der Waals surface area contributed by atoms with Gasteiger partial charge in [0.25, 0.3) is 5.91 Å². The van der Waals surface area contributed by atoms with Crippen molar-refractivity contribution in [1.29, 1.82) is 0 Å². The second kappa shape index (κ2) is 7.12. The Bertz CT molecular complexity index is 615. The van der Waals surface area contributed by atoms with Crippen molar-refractivity contribution in [2.45, 2.75) is 32.7 Å². The van der Waals surface area contributed by atoms with Crippen molar-refractivity contribution < 1.29 is 4.79 Å². The molecule has 0 aromatic heterocycles. The first-order valence-corrected chi connectivity index (χ1v) is 7.65. The molecule has 0 atom stereocenters. The second-order valence-electron chi connectivity index (χ2n) is 6.41. The van der Waals surface area contributed by atoms with Gasteiger partial charge < -0.3 is 10.6 Å². The number of rotatable bonds is 5. The van der Waals surface area contributed by atoms with Crippen molar-refractivity contribution in [3.8, 4) is 0 Å². The van der Waals surface area contributed by atoms with Gasteiger partial charge in [-0.05, 0) is 44.9 Å². The minimum Gasteiger partial charge on any atom is -0.384 e. The highest BCUT2D eigenvalue weighted by atomic mass is 16.1. The lowest BCUT2D eigenvalue weighted by atomic mass is 10.1. The van der Waals surface area contributed by atoms with Crippen LogP contribution in [0.2, 0.25) is 0 Å². The fourth-order valence-corrected chi connectivity index (χ4v) is 2.23. The van der Waals surface area contributed by atoms with E-state index in [0.29, 0.717) is 5.56 Å². The molecular formula is C19H24N2O. The van der Waals surface area contributed by atoms with Crippen LogP contribution in [0.25, 0.3) is 0 Å². The summed E-state index contributed by atoms with van der Waals surface area (Å²) >= 11 is 0. The van der Waals surface area contributed by atoms with Gasteiger partial charge in [-0.3, -0.25) is 4.79 Å². The highest BCUT2D eigenvalue weighted by molar-refractivity contribution is 5.99. The molecule has 116 valence electrons. The molecule has 0 fully saturated rings. The maximum absolute atomic E-state index is 12.4. The van der Waals surface area contributed by atoms with E-state index in [1.165, 1.54) is 5.56 Å². The molecule has 0 radical (unpaired) electrons. The lowest BCUT2D eigenvalue weighted by molar-refractivity contribution is 0.0920. The Kier molecular flexibility index (Phi) is 5.21. The Morgan fingerprint density at radius 2 is 1.59 bits per heavy atom. The van der Waals surface area contributed by atoms with Crippen LogP contribution in [0.5, 0.6) is 0 Å². The third kappa shape index (κ3) is 4.92. The molecule has 0 spiro atoms. The van der Waals surface area contributed by atoms with E-state index in [9.17, 15) is 4.79 Å². The zero-order chi connectivity index (χ0) is 16.0. The molecule has 0 saturated carbocycles. The predicted molar refractivity (Wildman–Crippen MR) is 92.3 cm³/mol. The number of anilines is 1. The number of carbonyl (C=O) groups excluding carboxylic acids is 1. The van der Waals surface area contributed by atoms with Gasteiger partial charge in [0, 0.05) is 17.8 Å². The van der Waals surface area contributed by atoms with Crippen LogP contribution in [0.4, 0.5) is 5.69 Å². The minimum atomic E-state index is -0.242. The molecule has 2 aromatic rings. The lowest BCUT2D eigenvalue weighted by Crippen LogP contribution is -2.40. The zero-order valence-electron chi connectivity index (χ0n) is 13.5. The standard InChI is InChI=1S/C19H24N2O/c1-19(2,3)21-18(22)16-11-7-8-12-17(16)20-14-13-15-9-5-4-6-10-15/h4-12,20H,13-14H2,1-3H3,(H,21,22). The van der Waals surface area contributed by atoms with E-state index in [0.717, 1.165) is 18.7 Å². The van der Waals surface area contributed by atoms with Crippen LogP contribution in [0.1, 0.15) is 36.7 Å². The number of para-hydroxylation sites is 1. The Balaban J connectivity index is 2.01. The molecule has 0 aliphatic carbocycles. The number of benzene rings is 2. The van der Waals surface area contributed by atoms with Gasteiger partial charge in [0.05, 0.1) is 5.56 Å². The first-order chi connectivity index (χ1) is 10.5. The number of amides is 1. The van der Waals surface area contributed by atoms with Gasteiger partial charge in [-0.1, -0.05) is 42.5 Å². The summed E-state index contributed by atoms with van der Waals surface area (Å²) in [5.74, 6) is -0.0460. The minimum absolute atomic E-state index is 0.0460. The maximum atomic E-state index is 12.4. The maximum Gasteiger partial charge on any atom is 0.253 e. The van der Waals surface area contributed by atoms with Crippen molar-refractivity contribution in [2.75, 3.05) is 11.9 Å². The summed E-state index contributed by atoms with van der Waals surface area (Å²) in [6.07, 6.45) is 0.927. The third-order valence-corrected chi connectivity index (χ3v) is 3.23. The first-order valence-electron chi connectivity index (χ1n) is 7.65. The van der Waals surface area contributed by atoms with Crippen molar-refractivity contribution in [1.82, 2.24) is 5.32 Å². The van der Waals surface area contributed by atoms with Crippen LogP contribution in [0.15, 0.2) is 54.6 Å². The van der Waals surface area contributed by atoms with Crippen LogP contribution in [-0.4, -0.2) is 18.0 Å². The van der Waals surface area contributed by atoms with E-state index >= 15 is 0 Å². The molecule has 0 bridgehead atoms. The molecule has 0 aliphatic heterocycles. The second-order valence-corrected chi connectivity index (χ2v) is 6.41. The summed E-state index contributed by atoms with van der Waals surface area (Å²) < 4.78 is 0. The highest BCUT2D eigenvalue weighted by Gasteiger charge is 2.17. The molecule has 2 aromatic carbocycles. The van der Waals surface area contributed by atoms with Crippen LogP contribution < -0.4 is 10.6 Å². The molecule has 0 aliphatic rings. The highest BCUT2D eigenvalue weighted by Crippen LogP contribution is 2.16. The number of hydrogen-bond donors (Lipinski definition) is 2. The summed E-state index contributed by atoms with van der Waals surface area (Å²) in [6, 6.07) is 18.0. The van der Waals surface area contributed by atoms with Crippen LogP contribution in [0, 0.1) is 0 Å². The molecule has 3 heteroatoms. The normalized spacial score (nSPS) is 11.0. The number of nitrogens with one attached hydrogen (secondary N) is 2. The monoisotopic (exact) mass is 296 g/mol. The summed E-state index contributed by atoms with van der Waals surface area (Å²) in [5, 5.41) is 6.37. The summed E-state index contributed by atoms with van der Waals surface area (Å²) in [7, 11) is 0. The average Bonchev–Trinajstić information content (AvgIpc) is 2.47. The average molecular weight is 296 g/mol. The first kappa shape index (κ1) is 16.1. The molecule has 3 nitrogen and oxygen atoms in total. The molecule has 2 N–H and O–H groups in total. The molecule has 0 heterocycles. The third-order valence-electron chi connectivity index (χ3n) is 3.23. The van der Waals surface area contributed by atoms with Gasteiger partial charge in [0.1, 0.15) is 0 Å². The van der Waals surface area contributed by atoms with E-state index in [1.807, 2.05) is 63.2 Å². The quantitative estimate of drug-likeness (QED) is 0.879. The van der Waals surface area contributed by atoms with Crippen molar-refractivity contribution >= 4 is 11.6 Å². The smallest absolute Gasteiger partial charge is 0.253 e. The van der Waals surface area contributed by atoms with Gasteiger partial charge in [-0.2, -0.15) is 0 Å². The van der Waals surface area contributed by atoms with Gasteiger partial charge in [-0.25, -0.2) is 0 Å². The molecule has 1 amide bonds. The molecule has 0 unspecified atom stereocenters. The van der Waals surface area contributed by atoms with Gasteiger partial charge in [0.2, 0.25) is 0 Å². The van der Waals surface area contributed by atoms with Gasteiger partial charge >= 0.3 is 0 Å². The zero-order valence-corrected chi connectivity index (χ0v) is 13.5. The Morgan fingerprint density at radius 1 is 0.955 bits per heavy atom. The Hall–Kier alpha value is -2.29. The van der Waals surface area contributed by atoms with E-state index in [-0.39, 0.29) is 11.4 Å². The molecule has 22 heavy (non-hydrogen) atoms. The van der Waals surface area contributed by atoms with E-state index in [2.05, 4.69) is 22.8 Å². The van der Waals surface area contributed by atoms with E-state index in [4.69, 9.17) is 0 Å². The number of hydrogen-bond acceptors (Lipinski definition) is 2. The number of carbonyl (C=O) groups is 1. The predicted octanol–water partition coefficient (Wildman–Crippen LogP) is 3.87. The van der Waals surface area contributed by atoms with Gasteiger partial charge in [-0.15, -0.1) is 0 Å². The van der Waals surface area contributed by atoms with Gasteiger partial charge in [0.15, 0.2) is 0 Å². The lowest BCUT2D eigenvalue weighted by Gasteiger charge is -2.21. The van der Waals surface area contributed by atoms with Crippen molar-refractivity contribution in [2.24, 2.45) is 0 Å². The molecule has 0 saturated heterocycles. The SMILES string of the molecule is CC(C)(C)NC(=O)c1ccccc1NCCc1ccccc1. The fraction of sp³-hybridized carbons (Fsp3) is 0.316. The topological polar surface area (TPSA) is 41.1 Å². The summed E-state index contributed by atoms with van der Waals surface area (Å²) in [4.78, 5) is 12.4. The molecule has 2 rings (SSSR count). The van der Waals surface area contributed by atoms with Crippen LogP contribution in [-0.2, 0) is 6.42 Å². The van der Waals surface area contributed by atoms with Crippen molar-refractivity contribution in [3.63, 3.8) is 0 Å².